The quantitative estimate of drug-likeness (QED) is 0.265. The number of nitrogens with two attached hydrogens (primary N) is 1. The van der Waals surface area contributed by atoms with Crippen LogP contribution in [0.15, 0.2) is 5.16 Å². The average Bonchev–Trinajstić information content (AvgIpc) is 2.24. The minimum atomic E-state index is -0.168. The molecule has 1 heterocycles. The van der Waals surface area contributed by atoms with E-state index >= 15 is 0 Å². The number of anilines is 1. The highest BCUT2D eigenvalue weighted by atomic mass is 35.5. The minimum Gasteiger partial charge on any atom is -0.409 e. The second-order valence-corrected chi connectivity index (χ2v) is 3.33. The molecule has 1 aromatic heterocycles. The molecule has 15 heavy (non-hydrogen) atoms. The number of halogens is 1. The monoisotopic (exact) mass is 230 g/mol. The molecule has 0 aliphatic heterocycles. The number of aryl methyl sites for hydroxylation is 1. The first kappa shape index (κ1) is 11.5. The van der Waals surface area contributed by atoms with Gasteiger partial charge in [-0.3, -0.25) is 10.7 Å². The number of amidine groups is 1. The van der Waals surface area contributed by atoms with Crippen LogP contribution in [0.4, 0.5) is 5.82 Å². The van der Waals surface area contributed by atoms with Crippen LogP contribution in [0.2, 0.25) is 5.02 Å². The lowest BCUT2D eigenvalue weighted by molar-refractivity contribution is 0.318. The van der Waals surface area contributed by atoms with Gasteiger partial charge in [-0.1, -0.05) is 16.8 Å². The Morgan fingerprint density at radius 1 is 1.53 bits per heavy atom. The van der Waals surface area contributed by atoms with Gasteiger partial charge in [0.05, 0.1) is 16.3 Å². The van der Waals surface area contributed by atoms with Crippen LogP contribution in [0.1, 0.15) is 16.8 Å². The number of aromatic nitrogens is 1. The number of pyridine rings is 1. The molecule has 0 aliphatic rings. The van der Waals surface area contributed by atoms with E-state index in [4.69, 9.17) is 27.7 Å². The summed E-state index contributed by atoms with van der Waals surface area (Å²) in [7, 11) is 0. The molecule has 0 radical (unpaired) electrons. The van der Waals surface area contributed by atoms with Crippen molar-refractivity contribution < 1.29 is 10.4 Å². The van der Waals surface area contributed by atoms with E-state index in [0.717, 1.165) is 0 Å². The molecule has 0 aromatic carbocycles. The lowest BCUT2D eigenvalue weighted by Gasteiger charge is -2.12. The van der Waals surface area contributed by atoms with Gasteiger partial charge in [0.25, 0.3) is 0 Å². The van der Waals surface area contributed by atoms with Crippen molar-refractivity contribution in [1.29, 1.82) is 0 Å². The van der Waals surface area contributed by atoms with E-state index in [-0.39, 0.29) is 17.2 Å². The van der Waals surface area contributed by atoms with Crippen LogP contribution < -0.4 is 11.2 Å². The molecule has 0 saturated heterocycles. The zero-order valence-electron chi connectivity index (χ0n) is 8.24. The van der Waals surface area contributed by atoms with Gasteiger partial charge in [-0.2, -0.15) is 0 Å². The molecule has 6 nitrogen and oxygen atoms in total. The van der Waals surface area contributed by atoms with Crippen LogP contribution in [0.5, 0.6) is 0 Å². The maximum Gasteiger partial charge on any atom is 0.174 e. The maximum atomic E-state index is 8.85. The normalized spacial score (nSPS) is 11.6. The van der Waals surface area contributed by atoms with Crippen molar-refractivity contribution in [3.05, 3.63) is 21.8 Å². The first-order chi connectivity index (χ1) is 7.02. The lowest BCUT2D eigenvalue weighted by atomic mass is 10.1. The zero-order valence-corrected chi connectivity index (χ0v) is 9.00. The third-order valence-electron chi connectivity index (χ3n) is 2.01. The molecular formula is C8H11ClN4O2. The Morgan fingerprint density at radius 3 is 2.60 bits per heavy atom. The zero-order chi connectivity index (χ0) is 11.6. The van der Waals surface area contributed by atoms with Crippen LogP contribution in [0.3, 0.4) is 0 Å². The second-order valence-electron chi connectivity index (χ2n) is 2.96. The minimum absolute atomic E-state index is 0.102. The summed E-state index contributed by atoms with van der Waals surface area (Å²) < 4.78 is 0. The van der Waals surface area contributed by atoms with Crippen LogP contribution in [0, 0.1) is 13.8 Å². The molecule has 0 amide bonds. The molecule has 0 aliphatic carbocycles. The largest absolute Gasteiger partial charge is 0.409 e. The van der Waals surface area contributed by atoms with Gasteiger partial charge in [0.2, 0.25) is 0 Å². The Kier molecular flexibility index (Phi) is 3.33. The van der Waals surface area contributed by atoms with Gasteiger partial charge < -0.3 is 10.9 Å². The molecule has 82 valence electrons. The van der Waals surface area contributed by atoms with Crippen LogP contribution >= 0.6 is 11.6 Å². The van der Waals surface area contributed by atoms with E-state index < -0.39 is 0 Å². The number of oxime groups is 1. The van der Waals surface area contributed by atoms with E-state index in [1.54, 1.807) is 13.8 Å². The van der Waals surface area contributed by atoms with E-state index in [0.29, 0.717) is 16.3 Å². The van der Waals surface area contributed by atoms with Gasteiger partial charge in [-0.15, -0.1) is 0 Å². The summed E-state index contributed by atoms with van der Waals surface area (Å²) in [5, 5.41) is 20.7. The van der Waals surface area contributed by atoms with Crippen molar-refractivity contribution in [2.45, 2.75) is 13.8 Å². The van der Waals surface area contributed by atoms with E-state index in [2.05, 4.69) is 10.1 Å². The summed E-state index contributed by atoms with van der Waals surface area (Å²) in [6, 6.07) is 0. The van der Waals surface area contributed by atoms with Crippen LogP contribution in [0.25, 0.3) is 0 Å². The smallest absolute Gasteiger partial charge is 0.174 e. The van der Waals surface area contributed by atoms with Gasteiger partial charge in [-0.05, 0) is 19.4 Å². The second kappa shape index (κ2) is 4.33. The fourth-order valence-corrected chi connectivity index (χ4v) is 1.41. The van der Waals surface area contributed by atoms with E-state index in [1.165, 1.54) is 0 Å². The Labute approximate surface area is 91.3 Å². The topological polar surface area (TPSA) is 104 Å². The van der Waals surface area contributed by atoms with Crippen molar-refractivity contribution >= 4 is 23.3 Å². The highest BCUT2D eigenvalue weighted by Crippen LogP contribution is 2.26. The predicted octanol–water partition coefficient (Wildman–Crippen LogP) is 1.25. The van der Waals surface area contributed by atoms with Gasteiger partial charge >= 0.3 is 0 Å². The standard InChI is InChI=1S/C8H11ClN4O2/c1-3-5(7(10)12-14)8(13-15)11-4(2)6(3)9/h14-15H,1-2H3,(H2,10,12)(H,11,13). The summed E-state index contributed by atoms with van der Waals surface area (Å²) in [6.45, 7) is 3.37. The van der Waals surface area contributed by atoms with Gasteiger partial charge in [-0.25, -0.2) is 4.98 Å². The number of hydrogen-bond donors (Lipinski definition) is 4. The molecule has 0 bridgehead atoms. The van der Waals surface area contributed by atoms with E-state index in [9.17, 15) is 0 Å². The SMILES string of the molecule is Cc1nc(NO)c(C(N)=NO)c(C)c1Cl. The summed E-state index contributed by atoms with van der Waals surface area (Å²) in [6.07, 6.45) is 0. The summed E-state index contributed by atoms with van der Waals surface area (Å²) in [5.74, 6) is -0.0665. The average molecular weight is 231 g/mol. The van der Waals surface area contributed by atoms with Gasteiger partial charge in [0, 0.05) is 0 Å². The molecule has 1 aromatic rings. The van der Waals surface area contributed by atoms with Crippen LogP contribution in [-0.2, 0) is 0 Å². The fourth-order valence-electron chi connectivity index (χ4n) is 1.28. The third kappa shape index (κ3) is 1.95. The number of nitrogens with zero attached hydrogens (tertiary/aromatic N) is 2. The summed E-state index contributed by atoms with van der Waals surface area (Å²) in [5.41, 5.74) is 8.71. The molecule has 0 spiro atoms. The molecule has 1 rings (SSSR count). The van der Waals surface area contributed by atoms with E-state index in [1.807, 2.05) is 5.48 Å². The van der Waals surface area contributed by atoms with Crippen LogP contribution in [-0.4, -0.2) is 21.2 Å². The van der Waals surface area contributed by atoms with Crippen molar-refractivity contribution in [1.82, 2.24) is 4.98 Å². The number of nitrogens with one attached hydrogen (secondary N) is 1. The van der Waals surface area contributed by atoms with Crippen molar-refractivity contribution in [3.8, 4) is 0 Å². The van der Waals surface area contributed by atoms with Crippen molar-refractivity contribution in [2.75, 3.05) is 5.48 Å². The first-order valence-corrected chi connectivity index (χ1v) is 4.45. The summed E-state index contributed by atoms with van der Waals surface area (Å²) in [4.78, 5) is 3.96. The molecule has 0 unspecified atom stereocenters. The third-order valence-corrected chi connectivity index (χ3v) is 2.56. The number of hydrogen-bond acceptors (Lipinski definition) is 5. The fraction of sp³-hybridized carbons (Fsp3) is 0.250. The Morgan fingerprint density at radius 2 is 2.13 bits per heavy atom. The van der Waals surface area contributed by atoms with Gasteiger partial charge in [0.1, 0.15) is 0 Å². The molecule has 0 saturated carbocycles. The molecule has 5 N–H and O–H groups in total. The first-order valence-electron chi connectivity index (χ1n) is 4.07. The Hall–Kier alpha value is -1.53. The highest BCUT2D eigenvalue weighted by Gasteiger charge is 2.16. The van der Waals surface area contributed by atoms with Gasteiger partial charge in [0.15, 0.2) is 11.7 Å². The Balaban J connectivity index is 3.54. The Bertz CT molecular complexity index is 420. The molecular weight excluding hydrogens is 220 g/mol. The number of rotatable bonds is 2. The van der Waals surface area contributed by atoms with Crippen molar-refractivity contribution in [2.24, 2.45) is 10.9 Å². The maximum absolute atomic E-state index is 8.85. The van der Waals surface area contributed by atoms with Crippen molar-refractivity contribution in [3.63, 3.8) is 0 Å². The highest BCUT2D eigenvalue weighted by molar-refractivity contribution is 6.32. The summed E-state index contributed by atoms with van der Waals surface area (Å²) >= 11 is 5.95. The molecule has 0 fully saturated rings. The predicted molar refractivity (Wildman–Crippen MR) is 56.6 cm³/mol. The molecule has 0 atom stereocenters. The lowest BCUT2D eigenvalue weighted by Crippen LogP contribution is -2.18. The molecule has 7 heteroatoms.